The van der Waals surface area contributed by atoms with Crippen molar-refractivity contribution in [2.24, 2.45) is 0 Å². The van der Waals surface area contributed by atoms with E-state index in [9.17, 15) is 0 Å². The number of hydrogen-bond donors (Lipinski definition) is 0. The van der Waals surface area contributed by atoms with Gasteiger partial charge in [0.05, 0.1) is 25.3 Å². The van der Waals surface area contributed by atoms with Gasteiger partial charge in [-0.1, -0.05) is 32.9 Å². The van der Waals surface area contributed by atoms with E-state index in [4.69, 9.17) is 9.47 Å². The van der Waals surface area contributed by atoms with Crippen LogP contribution in [0.1, 0.15) is 26.3 Å². The molecule has 0 amide bonds. The summed E-state index contributed by atoms with van der Waals surface area (Å²) in [7, 11) is 3.47. The Hall–Kier alpha value is -3.50. The summed E-state index contributed by atoms with van der Waals surface area (Å²) in [5.74, 6) is 1.76. The molecule has 0 atom stereocenters. The SMILES string of the molecule is COc1ccc2cc3c4ccc(OC)cc4n4c5sc6ccc(C(C)(C)C)cc6c5c(c2c1)c34. The summed E-state index contributed by atoms with van der Waals surface area (Å²) < 4.78 is 15.0. The number of benzene rings is 4. The average Bonchev–Trinajstić information content (AvgIpc) is 3.46. The van der Waals surface area contributed by atoms with Gasteiger partial charge in [0.2, 0.25) is 0 Å². The van der Waals surface area contributed by atoms with Crippen molar-refractivity contribution < 1.29 is 9.47 Å². The van der Waals surface area contributed by atoms with Crippen molar-refractivity contribution in [1.29, 1.82) is 0 Å². The van der Waals surface area contributed by atoms with Gasteiger partial charge < -0.3 is 9.47 Å². The summed E-state index contributed by atoms with van der Waals surface area (Å²) in [5, 5.41) is 9.01. The molecule has 0 unspecified atom stereocenters. The van der Waals surface area contributed by atoms with Gasteiger partial charge >= 0.3 is 0 Å². The van der Waals surface area contributed by atoms with E-state index in [1.165, 1.54) is 63.8 Å². The molecule has 0 spiro atoms. The topological polar surface area (TPSA) is 22.9 Å². The van der Waals surface area contributed by atoms with E-state index >= 15 is 0 Å². The van der Waals surface area contributed by atoms with Crippen molar-refractivity contribution in [2.45, 2.75) is 26.2 Å². The Morgan fingerprint density at radius 3 is 2.24 bits per heavy atom. The molecule has 0 saturated carbocycles. The maximum Gasteiger partial charge on any atom is 0.120 e. The van der Waals surface area contributed by atoms with E-state index in [1.807, 2.05) is 11.3 Å². The number of ether oxygens (including phenoxy) is 2. The summed E-state index contributed by atoms with van der Waals surface area (Å²) in [4.78, 5) is 1.29. The second-order valence-electron chi connectivity index (χ2n) is 10.2. The molecule has 3 heterocycles. The molecular formula is C30H25NO2S. The minimum Gasteiger partial charge on any atom is -0.497 e. The molecular weight excluding hydrogens is 438 g/mol. The van der Waals surface area contributed by atoms with Gasteiger partial charge in [0, 0.05) is 37.7 Å². The fourth-order valence-corrected chi connectivity index (χ4v) is 6.72. The van der Waals surface area contributed by atoms with E-state index < -0.39 is 0 Å². The Labute approximate surface area is 201 Å². The van der Waals surface area contributed by atoms with Crippen molar-refractivity contribution >= 4 is 69.6 Å². The van der Waals surface area contributed by atoms with E-state index in [1.54, 1.807) is 14.2 Å². The molecule has 4 heteroatoms. The lowest BCUT2D eigenvalue weighted by Crippen LogP contribution is -2.10. The van der Waals surface area contributed by atoms with Gasteiger partial charge in [0.1, 0.15) is 16.3 Å². The van der Waals surface area contributed by atoms with Crippen molar-refractivity contribution in [3.05, 3.63) is 66.2 Å². The van der Waals surface area contributed by atoms with Gasteiger partial charge in [-0.2, -0.15) is 0 Å². The highest BCUT2D eigenvalue weighted by molar-refractivity contribution is 7.25. The first-order valence-corrected chi connectivity index (χ1v) is 12.4. The maximum atomic E-state index is 5.64. The molecule has 0 aliphatic heterocycles. The summed E-state index contributed by atoms with van der Waals surface area (Å²) >= 11 is 1.88. The lowest BCUT2D eigenvalue weighted by atomic mass is 9.86. The molecule has 0 radical (unpaired) electrons. The lowest BCUT2D eigenvalue weighted by Gasteiger charge is -2.18. The number of methoxy groups -OCH3 is 2. The molecule has 7 rings (SSSR count). The molecule has 0 aliphatic rings. The number of rotatable bonds is 2. The van der Waals surface area contributed by atoms with Crippen LogP contribution in [-0.2, 0) is 5.41 Å². The van der Waals surface area contributed by atoms with E-state index in [-0.39, 0.29) is 5.41 Å². The summed E-state index contributed by atoms with van der Waals surface area (Å²) in [6, 6.07) is 22.2. The molecule has 7 aromatic rings. The van der Waals surface area contributed by atoms with Crippen molar-refractivity contribution in [3.63, 3.8) is 0 Å². The highest BCUT2D eigenvalue weighted by atomic mass is 32.1. The Morgan fingerprint density at radius 2 is 1.47 bits per heavy atom. The van der Waals surface area contributed by atoms with E-state index in [0.717, 1.165) is 11.5 Å². The molecule has 168 valence electrons. The molecule has 3 nitrogen and oxygen atoms in total. The van der Waals surface area contributed by atoms with Crippen LogP contribution in [0.25, 0.3) is 58.3 Å². The van der Waals surface area contributed by atoms with Gasteiger partial charge in [-0.25, -0.2) is 0 Å². The lowest BCUT2D eigenvalue weighted by molar-refractivity contribution is 0.415. The predicted octanol–water partition coefficient (Wildman–Crippen LogP) is 8.52. The van der Waals surface area contributed by atoms with E-state index in [0.29, 0.717) is 0 Å². The molecule has 3 aromatic heterocycles. The second-order valence-corrected chi connectivity index (χ2v) is 11.2. The van der Waals surface area contributed by atoms with Crippen LogP contribution in [0, 0.1) is 0 Å². The zero-order valence-corrected chi connectivity index (χ0v) is 20.8. The third kappa shape index (κ3) is 2.47. The predicted molar refractivity (Wildman–Crippen MR) is 146 cm³/mol. The van der Waals surface area contributed by atoms with Crippen LogP contribution in [-0.4, -0.2) is 18.6 Å². The van der Waals surface area contributed by atoms with Gasteiger partial charge in [-0.05, 0) is 64.2 Å². The van der Waals surface area contributed by atoms with Crippen LogP contribution >= 0.6 is 11.3 Å². The Kier molecular flexibility index (Phi) is 3.84. The van der Waals surface area contributed by atoms with Gasteiger partial charge in [-0.3, -0.25) is 4.40 Å². The highest BCUT2D eigenvalue weighted by Gasteiger charge is 2.24. The fraction of sp³-hybridized carbons (Fsp3) is 0.200. The first-order valence-electron chi connectivity index (χ1n) is 11.6. The number of hydrogen-bond acceptors (Lipinski definition) is 3. The Bertz CT molecular complexity index is 1920. The zero-order chi connectivity index (χ0) is 23.4. The van der Waals surface area contributed by atoms with Crippen LogP contribution in [0.2, 0.25) is 0 Å². The van der Waals surface area contributed by atoms with Crippen LogP contribution in [0.15, 0.2) is 60.7 Å². The summed E-state index contributed by atoms with van der Waals surface area (Å²) in [6.45, 7) is 6.85. The largest absolute Gasteiger partial charge is 0.497 e. The molecule has 0 fully saturated rings. The molecule has 0 saturated heterocycles. The smallest absolute Gasteiger partial charge is 0.120 e. The third-order valence-corrected chi connectivity index (χ3v) is 8.43. The van der Waals surface area contributed by atoms with Gasteiger partial charge in [0.15, 0.2) is 0 Å². The molecule has 0 bridgehead atoms. The quantitative estimate of drug-likeness (QED) is 0.256. The maximum absolute atomic E-state index is 5.64. The first-order chi connectivity index (χ1) is 16.4. The normalized spacial score (nSPS) is 12.9. The fourth-order valence-electron chi connectivity index (χ4n) is 5.51. The first kappa shape index (κ1) is 19.9. The number of nitrogens with zero attached hydrogens (tertiary/aromatic N) is 1. The van der Waals surface area contributed by atoms with Crippen molar-refractivity contribution in [1.82, 2.24) is 4.40 Å². The molecule has 0 N–H and O–H groups in total. The standard InChI is InChI=1S/C30H25NO2S/c1-30(2,3)17-7-11-25-23(13-17)27-26-21-14-18(32-4)8-6-16(21)12-22-20-10-9-19(33-5)15-24(20)31(28(22)26)29(27)34-25/h6-15H,1-5H3. The number of aromatic nitrogens is 1. The summed E-state index contributed by atoms with van der Waals surface area (Å²) in [5.41, 5.74) is 3.93. The zero-order valence-electron chi connectivity index (χ0n) is 19.9. The third-order valence-electron chi connectivity index (χ3n) is 7.27. The molecule has 34 heavy (non-hydrogen) atoms. The van der Waals surface area contributed by atoms with E-state index in [2.05, 4.69) is 85.8 Å². The van der Waals surface area contributed by atoms with Crippen LogP contribution < -0.4 is 9.47 Å². The van der Waals surface area contributed by atoms with Crippen molar-refractivity contribution in [2.75, 3.05) is 14.2 Å². The summed E-state index contributed by atoms with van der Waals surface area (Å²) in [6.07, 6.45) is 0. The molecule has 0 aliphatic carbocycles. The monoisotopic (exact) mass is 463 g/mol. The minimum atomic E-state index is 0.0916. The minimum absolute atomic E-state index is 0.0916. The van der Waals surface area contributed by atoms with Crippen molar-refractivity contribution in [3.8, 4) is 11.5 Å². The number of fused-ring (bicyclic) bond motifs is 10. The van der Waals surface area contributed by atoms with Crippen LogP contribution in [0.5, 0.6) is 11.5 Å². The Balaban J connectivity index is 1.80. The second kappa shape index (κ2) is 6.55. The molecule has 4 aromatic carbocycles. The average molecular weight is 464 g/mol. The van der Waals surface area contributed by atoms with Crippen LogP contribution in [0.3, 0.4) is 0 Å². The van der Waals surface area contributed by atoms with Gasteiger partial charge in [0.25, 0.3) is 0 Å². The number of thiophene rings is 1. The highest BCUT2D eigenvalue weighted by Crippen LogP contribution is 2.49. The van der Waals surface area contributed by atoms with Gasteiger partial charge in [-0.15, -0.1) is 11.3 Å². The van der Waals surface area contributed by atoms with Crippen LogP contribution in [0.4, 0.5) is 0 Å². The Morgan fingerprint density at radius 1 is 0.706 bits per heavy atom.